The molecule has 2 saturated heterocycles. The Morgan fingerprint density at radius 3 is 2.53 bits per heavy atom. The molecule has 0 radical (unpaired) electrons. The van der Waals surface area contributed by atoms with E-state index in [1.54, 1.807) is 0 Å². The molecule has 0 N–H and O–H groups in total. The van der Waals surface area contributed by atoms with Crippen molar-refractivity contribution in [3.63, 3.8) is 0 Å². The maximum atomic E-state index is 12.8. The summed E-state index contributed by atoms with van der Waals surface area (Å²) in [6, 6.07) is 10.3. The molecule has 8 nitrogen and oxygen atoms in total. The highest BCUT2D eigenvalue weighted by molar-refractivity contribution is 7.99. The lowest BCUT2D eigenvalue weighted by Crippen LogP contribution is -2.49. The molecule has 4 rings (SSSR count). The van der Waals surface area contributed by atoms with E-state index in [-0.39, 0.29) is 11.8 Å². The summed E-state index contributed by atoms with van der Waals surface area (Å²) in [5.41, 5.74) is 1.21. The number of thioether (sulfide) groups is 1. The van der Waals surface area contributed by atoms with Crippen LogP contribution in [-0.2, 0) is 22.7 Å². The predicted octanol–water partition coefficient (Wildman–Crippen LogP) is 2.64. The van der Waals surface area contributed by atoms with Crippen LogP contribution in [0, 0.1) is 0 Å². The van der Waals surface area contributed by atoms with E-state index in [1.807, 2.05) is 39.5 Å². The van der Waals surface area contributed by atoms with Gasteiger partial charge in [-0.3, -0.25) is 9.59 Å². The molecule has 172 valence electrons. The fourth-order valence-corrected chi connectivity index (χ4v) is 5.23. The van der Waals surface area contributed by atoms with Crippen LogP contribution in [0.3, 0.4) is 0 Å². The Morgan fingerprint density at radius 1 is 1.00 bits per heavy atom. The number of hydrogen-bond donors (Lipinski definition) is 0. The number of para-hydroxylation sites is 1. The van der Waals surface area contributed by atoms with Crippen LogP contribution in [0.2, 0.25) is 0 Å². The van der Waals surface area contributed by atoms with Gasteiger partial charge in [0.15, 0.2) is 11.0 Å². The fraction of sp³-hybridized carbons (Fsp3) is 0.565. The molecule has 2 aliphatic rings. The molecule has 32 heavy (non-hydrogen) atoms. The van der Waals surface area contributed by atoms with Gasteiger partial charge in [0.05, 0.1) is 12.3 Å². The quantitative estimate of drug-likeness (QED) is 0.597. The van der Waals surface area contributed by atoms with Crippen LogP contribution in [0.5, 0.6) is 0 Å². The van der Waals surface area contributed by atoms with Crippen molar-refractivity contribution in [1.82, 2.24) is 24.6 Å². The second kappa shape index (κ2) is 10.8. The lowest BCUT2D eigenvalue weighted by Gasteiger charge is -2.36. The van der Waals surface area contributed by atoms with Crippen molar-refractivity contribution in [2.24, 2.45) is 0 Å². The summed E-state index contributed by atoms with van der Waals surface area (Å²) < 4.78 is 2.03. The molecular weight excluding hydrogens is 424 g/mol. The van der Waals surface area contributed by atoms with Crippen molar-refractivity contribution < 1.29 is 9.59 Å². The molecule has 2 aromatic rings. The van der Waals surface area contributed by atoms with Gasteiger partial charge in [-0.2, -0.15) is 0 Å². The molecule has 0 unspecified atom stereocenters. The van der Waals surface area contributed by atoms with Gasteiger partial charge < -0.3 is 19.3 Å². The third-order valence-electron chi connectivity index (χ3n) is 6.19. The molecule has 0 aliphatic carbocycles. The number of amides is 2. The molecule has 0 bridgehead atoms. The first-order valence-electron chi connectivity index (χ1n) is 11.6. The highest BCUT2D eigenvalue weighted by Gasteiger charge is 2.23. The second-order valence-electron chi connectivity index (χ2n) is 8.26. The second-order valence-corrected chi connectivity index (χ2v) is 9.20. The summed E-state index contributed by atoms with van der Waals surface area (Å²) >= 11 is 1.44. The molecular formula is C23H32N6O2S. The van der Waals surface area contributed by atoms with Gasteiger partial charge in [0.1, 0.15) is 0 Å². The number of benzene rings is 1. The van der Waals surface area contributed by atoms with Gasteiger partial charge in [-0.05, 0) is 31.9 Å². The van der Waals surface area contributed by atoms with Crippen LogP contribution >= 0.6 is 11.8 Å². The molecule has 0 spiro atoms. The Bertz CT molecular complexity index is 910. The Kier molecular flexibility index (Phi) is 7.68. The maximum absolute atomic E-state index is 12.8. The van der Waals surface area contributed by atoms with Gasteiger partial charge in [0.2, 0.25) is 11.8 Å². The predicted molar refractivity (Wildman–Crippen MR) is 126 cm³/mol. The highest BCUT2D eigenvalue weighted by atomic mass is 32.2. The van der Waals surface area contributed by atoms with E-state index in [2.05, 4.69) is 27.2 Å². The molecule has 0 atom stereocenters. The van der Waals surface area contributed by atoms with Crippen molar-refractivity contribution in [3.8, 4) is 0 Å². The summed E-state index contributed by atoms with van der Waals surface area (Å²) in [5, 5.41) is 9.43. The third-order valence-corrected chi connectivity index (χ3v) is 7.14. The van der Waals surface area contributed by atoms with Gasteiger partial charge in [-0.15, -0.1) is 10.2 Å². The normalized spacial score (nSPS) is 17.5. The SMILES string of the molecule is CCn1c(CN2CCCCCC2=O)nnc1SCC(=O)N1CCN(c2ccccc2)CC1. The average molecular weight is 457 g/mol. The molecule has 2 amide bonds. The zero-order chi connectivity index (χ0) is 22.3. The highest BCUT2D eigenvalue weighted by Crippen LogP contribution is 2.21. The molecule has 9 heteroatoms. The first kappa shape index (κ1) is 22.6. The summed E-state index contributed by atoms with van der Waals surface area (Å²) in [5.74, 6) is 1.49. The maximum Gasteiger partial charge on any atom is 0.233 e. The lowest BCUT2D eigenvalue weighted by molar-refractivity contribution is -0.131. The van der Waals surface area contributed by atoms with E-state index in [0.717, 1.165) is 69.5 Å². The van der Waals surface area contributed by atoms with E-state index in [0.29, 0.717) is 18.7 Å². The van der Waals surface area contributed by atoms with E-state index < -0.39 is 0 Å². The number of piperazine rings is 1. The van der Waals surface area contributed by atoms with Crippen molar-refractivity contribution in [3.05, 3.63) is 36.2 Å². The number of rotatable bonds is 7. The van der Waals surface area contributed by atoms with Crippen LogP contribution in [0.4, 0.5) is 5.69 Å². The summed E-state index contributed by atoms with van der Waals surface area (Å²) in [7, 11) is 0. The van der Waals surface area contributed by atoms with Crippen LogP contribution < -0.4 is 4.90 Å². The number of aromatic nitrogens is 3. The molecule has 1 aromatic carbocycles. The summed E-state index contributed by atoms with van der Waals surface area (Å²) in [6.07, 6.45) is 3.73. The zero-order valence-corrected chi connectivity index (χ0v) is 19.6. The van der Waals surface area contributed by atoms with E-state index in [4.69, 9.17) is 0 Å². The Balaban J connectivity index is 1.30. The van der Waals surface area contributed by atoms with Crippen molar-refractivity contribution in [2.45, 2.75) is 50.9 Å². The molecule has 2 fully saturated rings. The minimum Gasteiger partial charge on any atom is -0.368 e. The third kappa shape index (κ3) is 5.43. The van der Waals surface area contributed by atoms with Crippen LogP contribution in [0.1, 0.15) is 38.4 Å². The number of hydrogen-bond acceptors (Lipinski definition) is 6. The van der Waals surface area contributed by atoms with Crippen LogP contribution in [0.25, 0.3) is 0 Å². The Morgan fingerprint density at radius 2 is 1.78 bits per heavy atom. The fourth-order valence-electron chi connectivity index (χ4n) is 4.31. The van der Waals surface area contributed by atoms with Gasteiger partial charge in [0.25, 0.3) is 0 Å². The number of anilines is 1. The van der Waals surface area contributed by atoms with E-state index in [9.17, 15) is 9.59 Å². The van der Waals surface area contributed by atoms with Crippen LogP contribution in [-0.4, -0.2) is 74.9 Å². The lowest BCUT2D eigenvalue weighted by atomic mass is 10.2. The monoisotopic (exact) mass is 456 g/mol. The largest absolute Gasteiger partial charge is 0.368 e. The Hall–Kier alpha value is -2.55. The van der Waals surface area contributed by atoms with Crippen molar-refractivity contribution in [2.75, 3.05) is 43.4 Å². The minimum atomic E-state index is 0.137. The minimum absolute atomic E-state index is 0.137. The topological polar surface area (TPSA) is 74.6 Å². The van der Waals surface area contributed by atoms with Crippen molar-refractivity contribution in [1.29, 1.82) is 0 Å². The zero-order valence-electron chi connectivity index (χ0n) is 18.8. The molecule has 3 heterocycles. The molecule has 0 saturated carbocycles. The smallest absolute Gasteiger partial charge is 0.233 e. The summed E-state index contributed by atoms with van der Waals surface area (Å²) in [4.78, 5) is 31.3. The van der Waals surface area contributed by atoms with E-state index in [1.165, 1.54) is 17.4 Å². The average Bonchev–Trinajstić information content (AvgIpc) is 3.11. The van der Waals surface area contributed by atoms with Gasteiger partial charge in [0, 0.05) is 51.4 Å². The number of nitrogens with zero attached hydrogens (tertiary/aromatic N) is 6. The van der Waals surface area contributed by atoms with E-state index >= 15 is 0 Å². The number of carbonyl (C=O) groups is 2. The first-order valence-corrected chi connectivity index (χ1v) is 12.5. The summed E-state index contributed by atoms with van der Waals surface area (Å²) in [6.45, 7) is 7.21. The standard InChI is InChI=1S/C23H32N6O2S/c1-2-29-20(17-28-12-8-4-7-11-21(28)30)24-25-23(29)32-18-22(31)27-15-13-26(14-16-27)19-9-5-3-6-10-19/h3,5-6,9-10H,2,4,7-8,11-18H2,1H3. The molecule has 2 aliphatic heterocycles. The first-order chi connectivity index (χ1) is 15.7. The molecule has 1 aromatic heterocycles. The van der Waals surface area contributed by atoms with Crippen LogP contribution in [0.15, 0.2) is 35.5 Å². The Labute approximate surface area is 194 Å². The van der Waals surface area contributed by atoms with Crippen molar-refractivity contribution >= 4 is 29.3 Å². The number of likely N-dealkylation sites (tertiary alicyclic amines) is 1. The van der Waals surface area contributed by atoms with Gasteiger partial charge >= 0.3 is 0 Å². The van der Waals surface area contributed by atoms with Gasteiger partial charge in [-0.1, -0.05) is 36.4 Å². The number of carbonyl (C=O) groups excluding carboxylic acids is 2. The van der Waals surface area contributed by atoms with Gasteiger partial charge in [-0.25, -0.2) is 0 Å².